The van der Waals surface area contributed by atoms with E-state index < -0.39 is 0 Å². The fourth-order valence-electron chi connectivity index (χ4n) is 4.81. The molecule has 7 nitrogen and oxygen atoms in total. The largest absolute Gasteiger partial charge is 0.490 e. The lowest BCUT2D eigenvalue weighted by molar-refractivity contribution is -0.133. The molecule has 1 amide bonds. The normalized spacial score (nSPS) is 18.9. The first-order chi connectivity index (χ1) is 16.6. The van der Waals surface area contributed by atoms with Crippen molar-refractivity contribution in [3.05, 3.63) is 48.2 Å². The summed E-state index contributed by atoms with van der Waals surface area (Å²) in [6.07, 6.45) is 8.34. The van der Waals surface area contributed by atoms with Crippen LogP contribution < -0.4 is 9.47 Å². The van der Waals surface area contributed by atoms with E-state index in [-0.39, 0.29) is 5.91 Å². The average molecular weight is 467 g/mol. The molecular formula is C27H38N4O3. The van der Waals surface area contributed by atoms with E-state index in [4.69, 9.17) is 9.47 Å². The lowest BCUT2D eigenvalue weighted by atomic mass is 10.0. The Morgan fingerprint density at radius 1 is 1.00 bits per heavy atom. The first-order valence-corrected chi connectivity index (χ1v) is 12.6. The average Bonchev–Trinajstić information content (AvgIpc) is 2.84. The van der Waals surface area contributed by atoms with Gasteiger partial charge in [-0.3, -0.25) is 9.69 Å². The van der Waals surface area contributed by atoms with Gasteiger partial charge in [-0.1, -0.05) is 31.0 Å². The molecule has 0 N–H and O–H groups in total. The monoisotopic (exact) mass is 466 g/mol. The molecule has 7 heteroatoms. The van der Waals surface area contributed by atoms with Crippen LogP contribution in [0.1, 0.15) is 44.1 Å². The van der Waals surface area contributed by atoms with Crippen LogP contribution >= 0.6 is 0 Å². The van der Waals surface area contributed by atoms with E-state index in [1.165, 1.54) is 6.42 Å². The van der Waals surface area contributed by atoms with Gasteiger partial charge in [0, 0.05) is 37.4 Å². The third-order valence-corrected chi connectivity index (χ3v) is 6.66. The molecule has 34 heavy (non-hydrogen) atoms. The van der Waals surface area contributed by atoms with Crippen LogP contribution in [0.4, 0.5) is 0 Å². The summed E-state index contributed by atoms with van der Waals surface area (Å²) in [6, 6.07) is 12.4. The number of para-hydroxylation sites is 2. The van der Waals surface area contributed by atoms with Crippen LogP contribution in [-0.4, -0.2) is 78.5 Å². The number of pyridine rings is 1. The number of amides is 1. The number of carbonyl (C=O) groups is 1. The quantitative estimate of drug-likeness (QED) is 0.676. The Morgan fingerprint density at radius 2 is 1.76 bits per heavy atom. The molecule has 0 atom stereocenters. The van der Waals surface area contributed by atoms with Crippen molar-refractivity contribution in [1.82, 2.24) is 19.7 Å². The molecule has 1 fully saturated rings. The Kier molecular flexibility index (Phi) is 8.77. The Bertz CT molecular complexity index is 928. The molecule has 2 aromatic rings. The molecule has 4 rings (SSSR count). The van der Waals surface area contributed by atoms with E-state index in [1.807, 2.05) is 54.2 Å². The van der Waals surface area contributed by atoms with E-state index in [9.17, 15) is 4.79 Å². The number of likely N-dealkylation sites (N-methyl/N-ethyl adjacent to an activating group) is 1. The topological polar surface area (TPSA) is 58.1 Å². The molecule has 0 aliphatic carbocycles. The number of likely N-dealkylation sites (tertiary alicyclic amines) is 1. The van der Waals surface area contributed by atoms with Crippen LogP contribution in [0, 0.1) is 0 Å². The predicted octanol–water partition coefficient (Wildman–Crippen LogP) is 4.18. The van der Waals surface area contributed by atoms with Gasteiger partial charge in [-0.05, 0) is 64.5 Å². The molecule has 0 saturated carbocycles. The Morgan fingerprint density at radius 3 is 2.56 bits per heavy atom. The zero-order valence-corrected chi connectivity index (χ0v) is 20.6. The molecular weight excluding hydrogens is 428 g/mol. The molecule has 0 radical (unpaired) electrons. The maximum Gasteiger partial charge on any atom is 0.236 e. The predicted molar refractivity (Wildman–Crippen MR) is 133 cm³/mol. The molecule has 2 aliphatic heterocycles. The number of rotatable bonds is 3. The van der Waals surface area contributed by atoms with Crippen molar-refractivity contribution in [3.8, 4) is 17.4 Å². The van der Waals surface area contributed by atoms with E-state index in [2.05, 4.69) is 16.0 Å². The lowest BCUT2D eigenvalue weighted by Crippen LogP contribution is -2.48. The number of ether oxygens (including phenoxy) is 2. The number of nitrogens with zero attached hydrogens (tertiary/aromatic N) is 4. The molecule has 1 saturated heterocycles. The van der Waals surface area contributed by atoms with Crippen molar-refractivity contribution < 1.29 is 14.3 Å². The van der Waals surface area contributed by atoms with Crippen molar-refractivity contribution >= 4 is 5.91 Å². The smallest absolute Gasteiger partial charge is 0.236 e. The highest BCUT2D eigenvalue weighted by Gasteiger charge is 2.28. The minimum Gasteiger partial charge on any atom is -0.490 e. The number of benzene rings is 1. The first kappa shape index (κ1) is 24.5. The number of carbonyl (C=O) groups excluding carboxylic acids is 1. The zero-order chi connectivity index (χ0) is 23.8. The van der Waals surface area contributed by atoms with Gasteiger partial charge in [-0.15, -0.1) is 0 Å². The highest BCUT2D eigenvalue weighted by Crippen LogP contribution is 2.33. The van der Waals surface area contributed by atoms with Crippen molar-refractivity contribution in [2.24, 2.45) is 0 Å². The molecule has 184 valence electrons. The van der Waals surface area contributed by atoms with Gasteiger partial charge in [0.2, 0.25) is 11.8 Å². The van der Waals surface area contributed by atoms with E-state index in [0.29, 0.717) is 30.8 Å². The molecule has 1 aromatic carbocycles. The minimum atomic E-state index is 0.230. The second-order valence-electron chi connectivity index (χ2n) is 9.60. The van der Waals surface area contributed by atoms with Crippen LogP contribution in [0.5, 0.6) is 17.4 Å². The fraction of sp³-hybridized carbons (Fsp3) is 0.556. The van der Waals surface area contributed by atoms with E-state index in [1.54, 1.807) is 6.20 Å². The highest BCUT2D eigenvalue weighted by atomic mass is 16.5. The molecule has 0 unspecified atom stereocenters. The molecule has 0 spiro atoms. The van der Waals surface area contributed by atoms with Crippen molar-refractivity contribution in [2.45, 2.75) is 51.1 Å². The number of hydrogen-bond donors (Lipinski definition) is 0. The number of hydrogen-bond acceptors (Lipinski definition) is 6. The molecule has 0 bridgehead atoms. The van der Waals surface area contributed by atoms with Crippen LogP contribution in [0.3, 0.4) is 0 Å². The van der Waals surface area contributed by atoms with Crippen molar-refractivity contribution in [1.29, 1.82) is 0 Å². The minimum absolute atomic E-state index is 0.230. The zero-order valence-electron chi connectivity index (χ0n) is 20.6. The number of fused-ring (bicyclic) bond motifs is 2. The Labute approximate surface area is 203 Å². The van der Waals surface area contributed by atoms with Crippen LogP contribution in [0.15, 0.2) is 42.6 Å². The maximum atomic E-state index is 12.5. The molecule has 3 heterocycles. The van der Waals surface area contributed by atoms with Gasteiger partial charge in [0.15, 0.2) is 11.5 Å². The summed E-state index contributed by atoms with van der Waals surface area (Å²) in [5.74, 6) is 2.34. The third-order valence-electron chi connectivity index (χ3n) is 6.66. The van der Waals surface area contributed by atoms with E-state index >= 15 is 0 Å². The number of piperidine rings is 1. The summed E-state index contributed by atoms with van der Waals surface area (Å²) in [5.41, 5.74) is 1.08. The van der Waals surface area contributed by atoms with Crippen LogP contribution in [0.25, 0.3) is 0 Å². The SMILES string of the molecule is CN(C)CC(=O)N1CCC(N2CCCCCCOc3ccccc3Oc3ncccc3C2)CC1. The summed E-state index contributed by atoms with van der Waals surface area (Å²) in [6.45, 7) is 4.67. The second-order valence-corrected chi connectivity index (χ2v) is 9.60. The molecule has 2 aliphatic rings. The lowest BCUT2D eigenvalue weighted by Gasteiger charge is -2.39. The van der Waals surface area contributed by atoms with Crippen molar-refractivity contribution in [2.75, 3.05) is 46.9 Å². The third kappa shape index (κ3) is 6.70. The van der Waals surface area contributed by atoms with Gasteiger partial charge in [-0.25, -0.2) is 4.98 Å². The highest BCUT2D eigenvalue weighted by molar-refractivity contribution is 5.78. The standard InChI is InChI=1S/C27H38N4O3/c1-29(2)21-26(32)30-17-13-23(14-18-30)31-16-7-3-4-8-19-33-24-11-5-6-12-25(24)34-27-22(20-31)10-9-15-28-27/h5-6,9-12,15,23H,3-4,7-8,13-14,16-21H2,1-2H3. The van der Waals surface area contributed by atoms with Crippen LogP contribution in [0.2, 0.25) is 0 Å². The van der Waals surface area contributed by atoms with Gasteiger partial charge in [0.1, 0.15) is 0 Å². The fourth-order valence-corrected chi connectivity index (χ4v) is 4.81. The number of aromatic nitrogens is 1. The summed E-state index contributed by atoms with van der Waals surface area (Å²) in [7, 11) is 3.90. The van der Waals surface area contributed by atoms with Crippen molar-refractivity contribution in [3.63, 3.8) is 0 Å². The first-order valence-electron chi connectivity index (χ1n) is 12.6. The van der Waals surface area contributed by atoms with Gasteiger partial charge < -0.3 is 19.3 Å². The Hall–Kier alpha value is -2.64. The second kappa shape index (κ2) is 12.2. The summed E-state index contributed by atoms with van der Waals surface area (Å²) in [5, 5.41) is 0. The Balaban J connectivity index is 1.50. The van der Waals surface area contributed by atoms with Gasteiger partial charge in [-0.2, -0.15) is 0 Å². The van der Waals surface area contributed by atoms with E-state index in [0.717, 1.165) is 69.6 Å². The van der Waals surface area contributed by atoms with Crippen LogP contribution in [-0.2, 0) is 11.3 Å². The summed E-state index contributed by atoms with van der Waals surface area (Å²) >= 11 is 0. The van der Waals surface area contributed by atoms with Gasteiger partial charge >= 0.3 is 0 Å². The summed E-state index contributed by atoms with van der Waals surface area (Å²) in [4.78, 5) is 23.6. The van der Waals surface area contributed by atoms with Gasteiger partial charge in [0.25, 0.3) is 0 Å². The summed E-state index contributed by atoms with van der Waals surface area (Å²) < 4.78 is 12.3. The maximum absolute atomic E-state index is 12.5. The van der Waals surface area contributed by atoms with Gasteiger partial charge in [0.05, 0.1) is 13.2 Å². The molecule has 1 aromatic heterocycles.